The molecule has 2 atom stereocenters. The number of likely N-dealkylation sites (tertiary alicyclic amines) is 1. The van der Waals surface area contributed by atoms with Gasteiger partial charge in [-0.05, 0) is 45.7 Å². The number of hydrogen-bond acceptors (Lipinski definition) is 4. The van der Waals surface area contributed by atoms with Crippen LogP contribution in [0, 0.1) is 6.92 Å². The third-order valence-electron chi connectivity index (χ3n) is 4.01. The predicted octanol–water partition coefficient (Wildman–Crippen LogP) is 2.80. The van der Waals surface area contributed by atoms with Crippen molar-refractivity contribution in [2.24, 2.45) is 0 Å². The molecule has 0 bridgehead atoms. The van der Waals surface area contributed by atoms with Crippen molar-refractivity contribution >= 4 is 5.95 Å². The van der Waals surface area contributed by atoms with Gasteiger partial charge in [-0.1, -0.05) is 13.8 Å². The third-order valence-corrected chi connectivity index (χ3v) is 4.01. The van der Waals surface area contributed by atoms with E-state index in [2.05, 4.69) is 54.1 Å². The Hall–Kier alpha value is -1.16. The zero-order chi connectivity index (χ0) is 14.0. The van der Waals surface area contributed by atoms with Crippen molar-refractivity contribution < 1.29 is 0 Å². The van der Waals surface area contributed by atoms with Gasteiger partial charge in [-0.2, -0.15) is 0 Å². The SMILES string of the molecule is Cc1cc(C(C)C)nc(NC2CCN(C)C(C)C2)n1. The maximum Gasteiger partial charge on any atom is 0.223 e. The van der Waals surface area contributed by atoms with Crippen LogP contribution in [-0.2, 0) is 0 Å². The van der Waals surface area contributed by atoms with Gasteiger partial charge in [0.1, 0.15) is 0 Å². The molecular formula is C15H26N4. The van der Waals surface area contributed by atoms with Gasteiger partial charge in [-0.25, -0.2) is 9.97 Å². The van der Waals surface area contributed by atoms with Gasteiger partial charge in [0.2, 0.25) is 5.95 Å². The van der Waals surface area contributed by atoms with Crippen LogP contribution in [0.25, 0.3) is 0 Å². The number of piperidine rings is 1. The average Bonchev–Trinajstić information content (AvgIpc) is 2.33. The summed E-state index contributed by atoms with van der Waals surface area (Å²) >= 11 is 0. The van der Waals surface area contributed by atoms with Crippen LogP contribution in [0.5, 0.6) is 0 Å². The van der Waals surface area contributed by atoms with E-state index >= 15 is 0 Å². The van der Waals surface area contributed by atoms with Crippen LogP contribution in [0.15, 0.2) is 6.07 Å². The third kappa shape index (κ3) is 3.66. The smallest absolute Gasteiger partial charge is 0.223 e. The van der Waals surface area contributed by atoms with E-state index in [1.165, 1.54) is 0 Å². The minimum atomic E-state index is 0.443. The molecule has 0 spiro atoms. The zero-order valence-electron chi connectivity index (χ0n) is 12.8. The highest BCUT2D eigenvalue weighted by Crippen LogP contribution is 2.20. The molecule has 1 aliphatic rings. The fourth-order valence-corrected chi connectivity index (χ4v) is 2.56. The fourth-order valence-electron chi connectivity index (χ4n) is 2.56. The summed E-state index contributed by atoms with van der Waals surface area (Å²) in [5.41, 5.74) is 2.16. The van der Waals surface area contributed by atoms with Gasteiger partial charge in [-0.3, -0.25) is 0 Å². The van der Waals surface area contributed by atoms with E-state index in [9.17, 15) is 0 Å². The van der Waals surface area contributed by atoms with Crippen molar-refractivity contribution in [3.05, 3.63) is 17.5 Å². The molecule has 0 aliphatic carbocycles. The zero-order valence-corrected chi connectivity index (χ0v) is 12.8. The van der Waals surface area contributed by atoms with Crippen LogP contribution >= 0.6 is 0 Å². The summed E-state index contributed by atoms with van der Waals surface area (Å²) in [7, 11) is 2.20. The van der Waals surface area contributed by atoms with Crippen molar-refractivity contribution in [3.8, 4) is 0 Å². The van der Waals surface area contributed by atoms with E-state index in [0.29, 0.717) is 18.0 Å². The van der Waals surface area contributed by atoms with Crippen LogP contribution in [0.2, 0.25) is 0 Å². The van der Waals surface area contributed by atoms with Crippen molar-refractivity contribution in [1.82, 2.24) is 14.9 Å². The molecule has 1 aliphatic heterocycles. The van der Waals surface area contributed by atoms with Gasteiger partial charge in [0.25, 0.3) is 0 Å². The molecule has 2 unspecified atom stereocenters. The molecule has 2 rings (SSSR count). The molecule has 2 heterocycles. The lowest BCUT2D eigenvalue weighted by molar-refractivity contribution is 0.190. The topological polar surface area (TPSA) is 41.1 Å². The molecule has 19 heavy (non-hydrogen) atoms. The maximum absolute atomic E-state index is 4.64. The second kappa shape index (κ2) is 5.87. The summed E-state index contributed by atoms with van der Waals surface area (Å²) in [4.78, 5) is 11.6. The molecule has 106 valence electrons. The highest BCUT2D eigenvalue weighted by Gasteiger charge is 2.23. The largest absolute Gasteiger partial charge is 0.351 e. The minimum Gasteiger partial charge on any atom is -0.351 e. The number of nitrogens with zero attached hydrogens (tertiary/aromatic N) is 3. The fraction of sp³-hybridized carbons (Fsp3) is 0.733. The Balaban J connectivity index is 2.07. The van der Waals surface area contributed by atoms with Crippen molar-refractivity contribution in [1.29, 1.82) is 0 Å². The lowest BCUT2D eigenvalue weighted by Crippen LogP contribution is -2.42. The number of hydrogen-bond donors (Lipinski definition) is 1. The number of rotatable bonds is 3. The highest BCUT2D eigenvalue weighted by atomic mass is 15.2. The summed E-state index contributed by atoms with van der Waals surface area (Å²) < 4.78 is 0. The van der Waals surface area contributed by atoms with Gasteiger partial charge in [-0.15, -0.1) is 0 Å². The molecule has 0 amide bonds. The first-order valence-corrected chi connectivity index (χ1v) is 7.28. The average molecular weight is 262 g/mol. The van der Waals surface area contributed by atoms with E-state index in [1.807, 2.05) is 6.92 Å². The number of anilines is 1. The maximum atomic E-state index is 4.64. The van der Waals surface area contributed by atoms with Gasteiger partial charge >= 0.3 is 0 Å². The van der Waals surface area contributed by atoms with Crippen molar-refractivity contribution in [3.63, 3.8) is 0 Å². The first-order valence-electron chi connectivity index (χ1n) is 7.28. The second-order valence-corrected chi connectivity index (χ2v) is 6.11. The Bertz CT molecular complexity index is 430. The van der Waals surface area contributed by atoms with E-state index in [0.717, 1.165) is 36.7 Å². The van der Waals surface area contributed by atoms with Crippen LogP contribution in [0.4, 0.5) is 5.95 Å². The van der Waals surface area contributed by atoms with Gasteiger partial charge in [0.05, 0.1) is 0 Å². The lowest BCUT2D eigenvalue weighted by Gasteiger charge is -2.35. The summed E-state index contributed by atoms with van der Waals surface area (Å²) in [5.74, 6) is 1.24. The lowest BCUT2D eigenvalue weighted by atomic mass is 9.99. The van der Waals surface area contributed by atoms with Gasteiger partial charge < -0.3 is 10.2 Å². The molecule has 1 aromatic rings. The molecule has 4 nitrogen and oxygen atoms in total. The molecule has 0 radical (unpaired) electrons. The van der Waals surface area contributed by atoms with Crippen LogP contribution in [0.1, 0.15) is 50.9 Å². The van der Waals surface area contributed by atoms with Crippen molar-refractivity contribution in [2.45, 2.75) is 58.5 Å². The normalized spacial score (nSPS) is 24.7. The van der Waals surface area contributed by atoms with Crippen LogP contribution in [-0.4, -0.2) is 40.5 Å². The summed E-state index contributed by atoms with van der Waals surface area (Å²) in [5, 5.41) is 3.52. The Morgan fingerprint density at radius 1 is 1.37 bits per heavy atom. The molecule has 4 heteroatoms. The minimum absolute atomic E-state index is 0.443. The standard InChI is InChI=1S/C15H26N4/c1-10(2)14-8-11(3)16-15(18-14)17-13-6-7-19(5)12(4)9-13/h8,10,12-13H,6-7,9H2,1-5H3,(H,16,17,18). The van der Waals surface area contributed by atoms with Gasteiger partial charge in [0.15, 0.2) is 0 Å². The van der Waals surface area contributed by atoms with E-state index in [-0.39, 0.29) is 0 Å². The first kappa shape index (κ1) is 14.3. The second-order valence-electron chi connectivity index (χ2n) is 6.11. The molecular weight excluding hydrogens is 236 g/mol. The Labute approximate surface area is 116 Å². The molecule has 1 fully saturated rings. The predicted molar refractivity (Wildman–Crippen MR) is 79.6 cm³/mol. The Morgan fingerprint density at radius 2 is 2.11 bits per heavy atom. The molecule has 1 saturated heterocycles. The molecule has 1 aromatic heterocycles. The molecule has 0 aromatic carbocycles. The van der Waals surface area contributed by atoms with E-state index < -0.39 is 0 Å². The highest BCUT2D eigenvalue weighted by molar-refractivity contribution is 5.30. The van der Waals surface area contributed by atoms with E-state index in [1.54, 1.807) is 0 Å². The summed E-state index contributed by atoms with van der Waals surface area (Å²) in [6.45, 7) is 9.80. The quantitative estimate of drug-likeness (QED) is 0.909. The summed E-state index contributed by atoms with van der Waals surface area (Å²) in [6, 6.07) is 3.20. The molecule has 0 saturated carbocycles. The van der Waals surface area contributed by atoms with Crippen molar-refractivity contribution in [2.75, 3.05) is 18.9 Å². The number of aryl methyl sites for hydroxylation is 1. The number of nitrogens with one attached hydrogen (secondary N) is 1. The Kier molecular flexibility index (Phi) is 4.40. The summed E-state index contributed by atoms with van der Waals surface area (Å²) in [6.07, 6.45) is 2.32. The van der Waals surface area contributed by atoms with E-state index in [4.69, 9.17) is 0 Å². The van der Waals surface area contributed by atoms with Crippen LogP contribution < -0.4 is 5.32 Å². The first-order chi connectivity index (χ1) is 8.95. The molecule has 1 N–H and O–H groups in total. The Morgan fingerprint density at radius 3 is 2.74 bits per heavy atom. The van der Waals surface area contributed by atoms with Gasteiger partial charge in [0, 0.05) is 30.0 Å². The number of aromatic nitrogens is 2. The van der Waals surface area contributed by atoms with Crippen LogP contribution in [0.3, 0.4) is 0 Å². The monoisotopic (exact) mass is 262 g/mol.